The van der Waals surface area contributed by atoms with Gasteiger partial charge in [-0.1, -0.05) is 38.1 Å². The molecule has 2 atom stereocenters. The summed E-state index contributed by atoms with van der Waals surface area (Å²) in [5, 5.41) is 0. The summed E-state index contributed by atoms with van der Waals surface area (Å²) in [7, 11) is 1.74. The van der Waals surface area contributed by atoms with Crippen LogP contribution in [0, 0.1) is 0 Å². The molecule has 2 N–H and O–H groups in total. The average molecular weight is 235 g/mol. The minimum Gasteiger partial charge on any atom is -0.382 e. The van der Waals surface area contributed by atoms with Crippen molar-refractivity contribution in [2.45, 2.75) is 51.7 Å². The van der Waals surface area contributed by atoms with Gasteiger partial charge in [0.25, 0.3) is 0 Å². The zero-order valence-corrected chi connectivity index (χ0v) is 11.4. The van der Waals surface area contributed by atoms with Gasteiger partial charge in [0.05, 0.1) is 6.10 Å². The summed E-state index contributed by atoms with van der Waals surface area (Å²) in [5.74, 6) is 0.578. The van der Waals surface area contributed by atoms with Gasteiger partial charge in [0.2, 0.25) is 0 Å². The van der Waals surface area contributed by atoms with Crippen molar-refractivity contribution >= 4 is 0 Å². The Labute approximate surface area is 105 Å². The highest BCUT2D eigenvalue weighted by Gasteiger charge is 2.09. The first-order valence-electron chi connectivity index (χ1n) is 6.42. The van der Waals surface area contributed by atoms with Crippen LogP contribution >= 0.6 is 0 Å². The maximum Gasteiger partial charge on any atom is 0.0543 e. The number of hydrogen-bond donors (Lipinski definition) is 1. The smallest absolute Gasteiger partial charge is 0.0543 e. The van der Waals surface area contributed by atoms with E-state index in [0.717, 1.165) is 12.8 Å². The van der Waals surface area contributed by atoms with Gasteiger partial charge in [-0.05, 0) is 36.8 Å². The Morgan fingerprint density at radius 2 is 1.53 bits per heavy atom. The van der Waals surface area contributed by atoms with Gasteiger partial charge in [0, 0.05) is 13.2 Å². The van der Waals surface area contributed by atoms with Crippen LogP contribution < -0.4 is 5.73 Å². The lowest BCUT2D eigenvalue weighted by Gasteiger charge is -2.16. The van der Waals surface area contributed by atoms with E-state index in [1.165, 1.54) is 11.1 Å². The van der Waals surface area contributed by atoms with Crippen molar-refractivity contribution < 1.29 is 4.74 Å². The molecule has 2 unspecified atom stereocenters. The SMILES string of the molecule is COC(C)CCC(N)c1ccc(C(C)C)cc1. The van der Waals surface area contributed by atoms with Crippen LogP contribution in [0.4, 0.5) is 0 Å². The van der Waals surface area contributed by atoms with Gasteiger partial charge >= 0.3 is 0 Å². The highest BCUT2D eigenvalue weighted by atomic mass is 16.5. The Kier molecular flexibility index (Phi) is 5.66. The van der Waals surface area contributed by atoms with E-state index in [9.17, 15) is 0 Å². The molecule has 2 nitrogen and oxygen atoms in total. The maximum atomic E-state index is 6.17. The number of methoxy groups -OCH3 is 1. The second kappa shape index (κ2) is 6.77. The topological polar surface area (TPSA) is 35.2 Å². The third kappa shape index (κ3) is 4.49. The van der Waals surface area contributed by atoms with Gasteiger partial charge in [-0.2, -0.15) is 0 Å². The lowest BCUT2D eigenvalue weighted by molar-refractivity contribution is 0.107. The fourth-order valence-electron chi connectivity index (χ4n) is 1.83. The molecular formula is C15H25NO. The third-order valence-electron chi connectivity index (χ3n) is 3.32. The first kappa shape index (κ1) is 14.2. The number of rotatable bonds is 6. The van der Waals surface area contributed by atoms with Crippen molar-refractivity contribution in [3.63, 3.8) is 0 Å². The van der Waals surface area contributed by atoms with E-state index in [1.807, 2.05) is 0 Å². The Bertz CT molecular complexity index is 318. The normalized spacial score (nSPS) is 14.9. The van der Waals surface area contributed by atoms with Crippen LogP contribution in [0.15, 0.2) is 24.3 Å². The van der Waals surface area contributed by atoms with Crippen molar-refractivity contribution in [1.82, 2.24) is 0 Å². The predicted octanol–water partition coefficient (Wildman–Crippen LogP) is 3.62. The minimum absolute atomic E-state index is 0.119. The van der Waals surface area contributed by atoms with Crippen molar-refractivity contribution in [3.8, 4) is 0 Å². The quantitative estimate of drug-likeness (QED) is 0.817. The molecule has 96 valence electrons. The van der Waals surface area contributed by atoms with E-state index < -0.39 is 0 Å². The van der Waals surface area contributed by atoms with E-state index in [-0.39, 0.29) is 12.1 Å². The van der Waals surface area contributed by atoms with Crippen LogP contribution in [-0.4, -0.2) is 13.2 Å². The van der Waals surface area contributed by atoms with Crippen molar-refractivity contribution in [1.29, 1.82) is 0 Å². The lowest BCUT2D eigenvalue weighted by Crippen LogP contribution is -2.14. The van der Waals surface area contributed by atoms with Crippen LogP contribution in [0.1, 0.15) is 56.7 Å². The molecule has 0 saturated carbocycles. The second-order valence-corrected chi connectivity index (χ2v) is 5.05. The van der Waals surface area contributed by atoms with Gasteiger partial charge in [-0.15, -0.1) is 0 Å². The van der Waals surface area contributed by atoms with Gasteiger partial charge in [0.15, 0.2) is 0 Å². The molecule has 0 aromatic heterocycles. The van der Waals surface area contributed by atoms with Crippen molar-refractivity contribution in [3.05, 3.63) is 35.4 Å². The number of nitrogens with two attached hydrogens (primary N) is 1. The van der Waals surface area contributed by atoms with Gasteiger partial charge < -0.3 is 10.5 Å². The van der Waals surface area contributed by atoms with Crippen molar-refractivity contribution in [2.75, 3.05) is 7.11 Å². The summed E-state index contributed by atoms with van der Waals surface area (Å²) in [6.45, 7) is 6.49. The lowest BCUT2D eigenvalue weighted by atomic mass is 9.97. The average Bonchev–Trinajstić information content (AvgIpc) is 2.35. The van der Waals surface area contributed by atoms with Crippen LogP contribution in [0.5, 0.6) is 0 Å². The van der Waals surface area contributed by atoms with Crippen LogP contribution in [0.25, 0.3) is 0 Å². The molecule has 0 spiro atoms. The Balaban J connectivity index is 2.54. The Morgan fingerprint density at radius 3 is 2.00 bits per heavy atom. The summed E-state index contributed by atoms with van der Waals surface area (Å²) < 4.78 is 5.23. The summed E-state index contributed by atoms with van der Waals surface area (Å²) in [5.41, 5.74) is 8.76. The molecule has 0 bridgehead atoms. The van der Waals surface area contributed by atoms with Gasteiger partial charge in [-0.3, -0.25) is 0 Å². The fourth-order valence-corrected chi connectivity index (χ4v) is 1.83. The largest absolute Gasteiger partial charge is 0.382 e. The maximum absolute atomic E-state index is 6.17. The summed E-state index contributed by atoms with van der Waals surface area (Å²) in [6.07, 6.45) is 2.26. The van der Waals surface area contributed by atoms with Gasteiger partial charge in [-0.25, -0.2) is 0 Å². The standard InChI is InChI=1S/C15H25NO/c1-11(2)13-6-8-14(9-7-13)15(16)10-5-12(3)17-4/h6-9,11-12,15H,5,10,16H2,1-4H3. The molecule has 0 aliphatic carbocycles. The molecule has 0 saturated heterocycles. The first-order valence-corrected chi connectivity index (χ1v) is 6.42. The molecule has 0 heterocycles. The second-order valence-electron chi connectivity index (χ2n) is 5.05. The van der Waals surface area contributed by atoms with E-state index in [2.05, 4.69) is 45.0 Å². The van der Waals surface area contributed by atoms with E-state index in [0.29, 0.717) is 5.92 Å². The van der Waals surface area contributed by atoms with E-state index >= 15 is 0 Å². The highest BCUT2D eigenvalue weighted by Crippen LogP contribution is 2.20. The minimum atomic E-state index is 0.119. The number of ether oxygens (including phenoxy) is 1. The molecule has 0 radical (unpaired) electrons. The Hall–Kier alpha value is -0.860. The predicted molar refractivity (Wildman–Crippen MR) is 73.2 cm³/mol. The summed E-state index contributed by atoms with van der Waals surface area (Å²) in [6, 6.07) is 8.78. The molecule has 0 amide bonds. The molecule has 0 aliphatic heterocycles. The molecule has 17 heavy (non-hydrogen) atoms. The number of hydrogen-bond acceptors (Lipinski definition) is 2. The molecular weight excluding hydrogens is 210 g/mol. The van der Waals surface area contributed by atoms with E-state index in [1.54, 1.807) is 7.11 Å². The first-order chi connectivity index (χ1) is 8.04. The van der Waals surface area contributed by atoms with Gasteiger partial charge in [0.1, 0.15) is 0 Å². The summed E-state index contributed by atoms with van der Waals surface area (Å²) in [4.78, 5) is 0. The van der Waals surface area contributed by atoms with Crippen LogP contribution in [0.3, 0.4) is 0 Å². The van der Waals surface area contributed by atoms with Crippen LogP contribution in [0.2, 0.25) is 0 Å². The fraction of sp³-hybridized carbons (Fsp3) is 0.600. The summed E-state index contributed by atoms with van der Waals surface area (Å²) >= 11 is 0. The molecule has 0 aliphatic rings. The number of benzene rings is 1. The van der Waals surface area contributed by atoms with Crippen LogP contribution in [-0.2, 0) is 4.74 Å². The molecule has 0 fully saturated rings. The highest BCUT2D eigenvalue weighted by molar-refractivity contribution is 5.26. The monoisotopic (exact) mass is 235 g/mol. The third-order valence-corrected chi connectivity index (χ3v) is 3.32. The zero-order chi connectivity index (χ0) is 12.8. The molecule has 1 aromatic carbocycles. The van der Waals surface area contributed by atoms with E-state index in [4.69, 9.17) is 10.5 Å². The zero-order valence-electron chi connectivity index (χ0n) is 11.4. The molecule has 2 heteroatoms. The molecule has 1 rings (SSSR count). The van der Waals surface area contributed by atoms with Crippen molar-refractivity contribution in [2.24, 2.45) is 5.73 Å². The molecule has 1 aromatic rings. The Morgan fingerprint density at radius 1 is 1.00 bits per heavy atom.